The highest BCUT2D eigenvalue weighted by molar-refractivity contribution is 6.16. The molecule has 3 heterocycles. The summed E-state index contributed by atoms with van der Waals surface area (Å²) in [4.78, 5) is 25.4. The van der Waals surface area contributed by atoms with Crippen molar-refractivity contribution in [3.63, 3.8) is 0 Å². The Morgan fingerprint density at radius 2 is 1.82 bits per heavy atom. The van der Waals surface area contributed by atoms with E-state index in [4.69, 9.17) is 9.47 Å². The van der Waals surface area contributed by atoms with Crippen LogP contribution in [0.5, 0.6) is 0 Å². The lowest BCUT2D eigenvalue weighted by atomic mass is 10.0. The Kier molecular flexibility index (Phi) is 4.20. The highest BCUT2D eigenvalue weighted by atomic mass is 16.6. The Balaban J connectivity index is 1.35. The third kappa shape index (κ3) is 3.09. The van der Waals surface area contributed by atoms with E-state index in [2.05, 4.69) is 19.8 Å². The zero-order valence-corrected chi connectivity index (χ0v) is 15.4. The Hall–Kier alpha value is -3.35. The molecule has 0 N–H and O–H groups in total. The van der Waals surface area contributed by atoms with E-state index < -0.39 is 5.97 Å². The molecule has 1 saturated heterocycles. The molecule has 0 amide bonds. The van der Waals surface area contributed by atoms with Gasteiger partial charge in [-0.3, -0.25) is 0 Å². The minimum absolute atomic E-state index is 0.339. The fourth-order valence-electron chi connectivity index (χ4n) is 3.66. The van der Waals surface area contributed by atoms with E-state index in [-0.39, 0.29) is 0 Å². The lowest BCUT2D eigenvalue weighted by Gasteiger charge is -2.34. The van der Waals surface area contributed by atoms with Gasteiger partial charge in [0.05, 0.1) is 6.54 Å². The number of fused-ring (bicyclic) bond motifs is 1. The molecule has 142 valence electrons. The number of benzene rings is 2. The minimum Gasteiger partial charge on any atom is -0.463 e. The highest BCUT2D eigenvalue weighted by Gasteiger charge is 2.27. The first kappa shape index (κ1) is 16.8. The largest absolute Gasteiger partial charge is 0.463 e. The van der Waals surface area contributed by atoms with Crippen molar-refractivity contribution in [2.75, 3.05) is 39.3 Å². The Morgan fingerprint density at radius 1 is 1.00 bits per heavy atom. The summed E-state index contributed by atoms with van der Waals surface area (Å²) in [6.07, 6.45) is 1.80. The molecule has 0 unspecified atom stereocenters. The molecule has 3 aliphatic rings. The molecule has 0 atom stereocenters. The van der Waals surface area contributed by atoms with Gasteiger partial charge in [-0.1, -0.05) is 36.4 Å². The van der Waals surface area contributed by atoms with Crippen LogP contribution in [0.15, 0.2) is 64.3 Å². The first-order valence-electron chi connectivity index (χ1n) is 9.45. The maximum absolute atomic E-state index is 12.4. The third-order valence-electron chi connectivity index (χ3n) is 5.10. The van der Waals surface area contributed by atoms with Crippen LogP contribution in [0.25, 0.3) is 10.8 Å². The molecule has 0 spiro atoms. The number of aliphatic imine (C=N–C) groups is 2. The molecule has 0 radical (unpaired) electrons. The second kappa shape index (κ2) is 6.99. The average Bonchev–Trinajstić information content (AvgIpc) is 3.39. The van der Waals surface area contributed by atoms with E-state index in [9.17, 15) is 4.79 Å². The SMILES string of the molecule is O=C1OC(c2cccc3ccccc23)=N/C1=C/N1CCN(C2=NCCO2)CC1. The van der Waals surface area contributed by atoms with Crippen LogP contribution in [0, 0.1) is 0 Å². The summed E-state index contributed by atoms with van der Waals surface area (Å²) in [5, 5.41) is 2.10. The fraction of sp³-hybridized carbons (Fsp3) is 0.286. The van der Waals surface area contributed by atoms with Crippen LogP contribution >= 0.6 is 0 Å². The van der Waals surface area contributed by atoms with Gasteiger partial charge in [-0.15, -0.1) is 0 Å². The normalized spacial score (nSPS) is 21.0. The van der Waals surface area contributed by atoms with E-state index in [1.807, 2.05) is 42.5 Å². The van der Waals surface area contributed by atoms with Gasteiger partial charge in [-0.2, -0.15) is 0 Å². The van der Waals surface area contributed by atoms with Gasteiger partial charge < -0.3 is 19.3 Å². The number of cyclic esters (lactones) is 1. The van der Waals surface area contributed by atoms with Gasteiger partial charge in [0.1, 0.15) is 6.61 Å². The van der Waals surface area contributed by atoms with Crippen LogP contribution in [0.3, 0.4) is 0 Å². The standard InChI is InChI=1S/C21H20N4O3/c26-20-18(14-24-9-11-25(12-10-24)21-22-8-13-27-21)23-19(28-20)17-7-3-5-15-4-1-2-6-16(15)17/h1-7,14H,8-13H2/b18-14+. The van der Waals surface area contributed by atoms with Gasteiger partial charge in [0, 0.05) is 37.9 Å². The first-order chi connectivity index (χ1) is 13.8. The van der Waals surface area contributed by atoms with Gasteiger partial charge in [0.15, 0.2) is 5.70 Å². The van der Waals surface area contributed by atoms with Gasteiger partial charge in [0.2, 0.25) is 5.90 Å². The van der Waals surface area contributed by atoms with Crippen molar-refractivity contribution in [3.05, 3.63) is 59.9 Å². The molecule has 7 nitrogen and oxygen atoms in total. The van der Waals surface area contributed by atoms with Gasteiger partial charge >= 0.3 is 5.97 Å². The minimum atomic E-state index is -0.408. The van der Waals surface area contributed by atoms with Crippen LogP contribution in [-0.2, 0) is 14.3 Å². The summed E-state index contributed by atoms with van der Waals surface area (Å²) >= 11 is 0. The maximum atomic E-state index is 12.4. The van der Waals surface area contributed by atoms with Crippen LogP contribution in [0.1, 0.15) is 5.56 Å². The van der Waals surface area contributed by atoms with Crippen LogP contribution in [0.4, 0.5) is 0 Å². The van der Waals surface area contributed by atoms with Crippen LogP contribution < -0.4 is 0 Å². The number of ether oxygens (including phenoxy) is 2. The molecular weight excluding hydrogens is 356 g/mol. The van der Waals surface area contributed by atoms with E-state index in [1.54, 1.807) is 6.20 Å². The van der Waals surface area contributed by atoms with Crippen LogP contribution in [0.2, 0.25) is 0 Å². The van der Waals surface area contributed by atoms with E-state index in [0.717, 1.165) is 55.1 Å². The molecule has 28 heavy (non-hydrogen) atoms. The number of piperazine rings is 1. The van der Waals surface area contributed by atoms with E-state index >= 15 is 0 Å². The zero-order valence-electron chi connectivity index (χ0n) is 15.4. The van der Waals surface area contributed by atoms with Gasteiger partial charge in [-0.05, 0) is 16.8 Å². The number of carbonyl (C=O) groups excluding carboxylic acids is 1. The van der Waals surface area contributed by atoms with Crippen molar-refractivity contribution in [1.82, 2.24) is 9.80 Å². The summed E-state index contributed by atoms with van der Waals surface area (Å²) in [7, 11) is 0. The molecule has 0 aliphatic carbocycles. The number of hydrogen-bond donors (Lipinski definition) is 0. The highest BCUT2D eigenvalue weighted by Crippen LogP contribution is 2.24. The molecule has 0 aromatic heterocycles. The number of amidine groups is 1. The molecule has 2 aromatic rings. The predicted octanol–water partition coefficient (Wildman–Crippen LogP) is 1.99. The fourth-order valence-corrected chi connectivity index (χ4v) is 3.66. The van der Waals surface area contributed by atoms with Crippen molar-refractivity contribution in [3.8, 4) is 0 Å². The predicted molar refractivity (Wildman–Crippen MR) is 106 cm³/mol. The monoisotopic (exact) mass is 376 g/mol. The summed E-state index contributed by atoms with van der Waals surface area (Å²) in [6.45, 7) is 4.56. The molecule has 5 rings (SSSR count). The second-order valence-corrected chi connectivity index (χ2v) is 6.88. The van der Waals surface area contributed by atoms with Crippen molar-refractivity contribution in [1.29, 1.82) is 0 Å². The molecule has 1 fully saturated rings. The maximum Gasteiger partial charge on any atom is 0.365 e. The number of hydrogen-bond acceptors (Lipinski definition) is 7. The molecule has 0 bridgehead atoms. The number of rotatable bonds is 2. The van der Waals surface area contributed by atoms with Crippen molar-refractivity contribution >= 4 is 28.7 Å². The Morgan fingerprint density at radius 3 is 2.64 bits per heavy atom. The van der Waals surface area contributed by atoms with Crippen molar-refractivity contribution < 1.29 is 14.3 Å². The summed E-state index contributed by atoms with van der Waals surface area (Å²) in [6, 6.07) is 14.6. The van der Waals surface area contributed by atoms with Crippen LogP contribution in [-0.4, -0.2) is 67.0 Å². The van der Waals surface area contributed by atoms with Gasteiger partial charge in [-0.25, -0.2) is 14.8 Å². The first-order valence-corrected chi connectivity index (χ1v) is 9.45. The summed E-state index contributed by atoms with van der Waals surface area (Å²) < 4.78 is 11.0. The van der Waals surface area contributed by atoms with E-state index in [1.165, 1.54) is 0 Å². The molecule has 0 saturated carbocycles. The second-order valence-electron chi connectivity index (χ2n) is 6.88. The number of nitrogens with zero attached hydrogens (tertiary/aromatic N) is 4. The van der Waals surface area contributed by atoms with Gasteiger partial charge in [0.25, 0.3) is 6.02 Å². The average molecular weight is 376 g/mol. The van der Waals surface area contributed by atoms with Crippen molar-refractivity contribution in [2.24, 2.45) is 9.98 Å². The molecule has 3 aliphatic heterocycles. The molecular formula is C21H20N4O3. The molecule has 7 heteroatoms. The lowest BCUT2D eigenvalue weighted by molar-refractivity contribution is -0.130. The van der Waals surface area contributed by atoms with E-state index in [0.29, 0.717) is 18.2 Å². The lowest BCUT2D eigenvalue weighted by Crippen LogP contribution is -2.47. The molecule has 2 aromatic carbocycles. The third-order valence-corrected chi connectivity index (χ3v) is 5.10. The summed E-state index contributed by atoms with van der Waals surface area (Å²) in [5.41, 5.74) is 1.17. The zero-order chi connectivity index (χ0) is 18.9. The smallest absolute Gasteiger partial charge is 0.365 e. The summed E-state index contributed by atoms with van der Waals surface area (Å²) in [5.74, 6) is -0.0470. The number of esters is 1. The topological polar surface area (TPSA) is 66.7 Å². The Labute approximate surface area is 162 Å². The number of carbonyl (C=O) groups is 1. The van der Waals surface area contributed by atoms with Crippen molar-refractivity contribution in [2.45, 2.75) is 0 Å². The quantitative estimate of drug-likeness (QED) is 0.592. The Bertz CT molecular complexity index is 1010.